The number of primary amides is 1. The van der Waals surface area contributed by atoms with E-state index in [9.17, 15) is 9.59 Å². The molecule has 0 aromatic carbocycles. The Morgan fingerprint density at radius 3 is 2.85 bits per heavy atom. The highest BCUT2D eigenvalue weighted by atomic mass is 16.2. The van der Waals surface area contributed by atoms with E-state index in [1.54, 1.807) is 0 Å². The van der Waals surface area contributed by atoms with E-state index >= 15 is 0 Å². The van der Waals surface area contributed by atoms with Crippen molar-refractivity contribution in [1.82, 2.24) is 15.5 Å². The Morgan fingerprint density at radius 1 is 1.30 bits per heavy atom. The number of likely N-dealkylation sites (tertiary alicyclic amines) is 1. The van der Waals surface area contributed by atoms with E-state index < -0.39 is 6.03 Å². The SMILES string of the molecule is NC(=O)NCC1CCCCN1C(=O)CCC1CCNC1. The van der Waals surface area contributed by atoms with Gasteiger partial charge in [-0.2, -0.15) is 0 Å². The third kappa shape index (κ3) is 4.37. The van der Waals surface area contributed by atoms with Gasteiger partial charge in [-0.3, -0.25) is 4.79 Å². The van der Waals surface area contributed by atoms with Crippen LogP contribution in [0.3, 0.4) is 0 Å². The van der Waals surface area contributed by atoms with Crippen molar-refractivity contribution >= 4 is 11.9 Å². The number of amides is 3. The van der Waals surface area contributed by atoms with Gasteiger partial charge in [0.05, 0.1) is 0 Å². The van der Waals surface area contributed by atoms with Gasteiger partial charge in [0.15, 0.2) is 0 Å². The highest BCUT2D eigenvalue weighted by molar-refractivity contribution is 5.77. The molecule has 2 atom stereocenters. The largest absolute Gasteiger partial charge is 0.352 e. The molecule has 2 aliphatic rings. The smallest absolute Gasteiger partial charge is 0.312 e. The van der Waals surface area contributed by atoms with Crippen molar-refractivity contribution < 1.29 is 9.59 Å². The van der Waals surface area contributed by atoms with Crippen LogP contribution >= 0.6 is 0 Å². The number of urea groups is 1. The molecular weight excluding hydrogens is 256 g/mol. The van der Waals surface area contributed by atoms with Gasteiger partial charge in [0.25, 0.3) is 0 Å². The van der Waals surface area contributed by atoms with Crippen LogP contribution in [0.15, 0.2) is 0 Å². The lowest BCUT2D eigenvalue weighted by Gasteiger charge is -2.36. The minimum absolute atomic E-state index is 0.116. The summed E-state index contributed by atoms with van der Waals surface area (Å²) in [4.78, 5) is 25.1. The summed E-state index contributed by atoms with van der Waals surface area (Å²) >= 11 is 0. The Kier molecular flexibility index (Phi) is 5.64. The summed E-state index contributed by atoms with van der Waals surface area (Å²) < 4.78 is 0. The molecule has 2 saturated heterocycles. The van der Waals surface area contributed by atoms with E-state index in [-0.39, 0.29) is 11.9 Å². The van der Waals surface area contributed by atoms with Crippen LogP contribution in [0, 0.1) is 5.92 Å². The first-order chi connectivity index (χ1) is 9.66. The van der Waals surface area contributed by atoms with E-state index in [2.05, 4.69) is 10.6 Å². The minimum Gasteiger partial charge on any atom is -0.352 e. The molecule has 0 saturated carbocycles. The van der Waals surface area contributed by atoms with Gasteiger partial charge in [0.2, 0.25) is 5.91 Å². The Morgan fingerprint density at radius 2 is 2.15 bits per heavy atom. The molecule has 2 aliphatic heterocycles. The first kappa shape index (κ1) is 15.1. The summed E-state index contributed by atoms with van der Waals surface area (Å²) in [7, 11) is 0. The van der Waals surface area contributed by atoms with Crippen LogP contribution < -0.4 is 16.4 Å². The van der Waals surface area contributed by atoms with Crippen LogP contribution in [-0.4, -0.2) is 49.1 Å². The summed E-state index contributed by atoms with van der Waals surface area (Å²) in [5.41, 5.74) is 5.11. The monoisotopic (exact) mass is 282 g/mol. The second-order valence-corrected chi connectivity index (χ2v) is 5.88. The zero-order valence-corrected chi connectivity index (χ0v) is 12.1. The topological polar surface area (TPSA) is 87.5 Å². The van der Waals surface area contributed by atoms with Gasteiger partial charge in [-0.1, -0.05) is 0 Å². The lowest BCUT2D eigenvalue weighted by atomic mass is 9.98. The molecule has 2 fully saturated rings. The maximum absolute atomic E-state index is 12.4. The van der Waals surface area contributed by atoms with Gasteiger partial charge in [0, 0.05) is 25.6 Å². The standard InChI is InChI=1S/C14H26N4O2/c15-14(20)17-10-12-3-1-2-8-18(12)13(19)5-4-11-6-7-16-9-11/h11-12,16H,1-10H2,(H3,15,17,20). The third-order valence-corrected chi connectivity index (χ3v) is 4.39. The van der Waals surface area contributed by atoms with Gasteiger partial charge in [-0.15, -0.1) is 0 Å². The predicted molar refractivity (Wildman–Crippen MR) is 77.1 cm³/mol. The van der Waals surface area contributed by atoms with Gasteiger partial charge in [0.1, 0.15) is 0 Å². The van der Waals surface area contributed by atoms with Gasteiger partial charge >= 0.3 is 6.03 Å². The van der Waals surface area contributed by atoms with Crippen molar-refractivity contribution in [1.29, 1.82) is 0 Å². The van der Waals surface area contributed by atoms with Crippen molar-refractivity contribution in [3.63, 3.8) is 0 Å². The number of hydrogen-bond donors (Lipinski definition) is 3. The molecule has 2 unspecified atom stereocenters. The van der Waals surface area contributed by atoms with E-state index in [0.29, 0.717) is 18.9 Å². The molecule has 0 aliphatic carbocycles. The minimum atomic E-state index is -0.514. The second kappa shape index (κ2) is 7.47. The van der Waals surface area contributed by atoms with Crippen LogP contribution in [0.2, 0.25) is 0 Å². The summed E-state index contributed by atoms with van der Waals surface area (Å²) in [5.74, 6) is 0.874. The van der Waals surface area contributed by atoms with Gasteiger partial charge < -0.3 is 21.3 Å². The van der Waals surface area contributed by atoms with Crippen LogP contribution in [0.5, 0.6) is 0 Å². The number of carbonyl (C=O) groups is 2. The average Bonchev–Trinajstić information content (AvgIpc) is 2.96. The summed E-state index contributed by atoms with van der Waals surface area (Å²) in [6, 6.07) is -0.398. The normalized spacial score (nSPS) is 26.5. The Labute approximate surface area is 120 Å². The lowest BCUT2D eigenvalue weighted by molar-refractivity contribution is -0.135. The number of nitrogens with zero attached hydrogens (tertiary/aromatic N) is 1. The molecule has 114 valence electrons. The molecule has 0 radical (unpaired) electrons. The first-order valence-corrected chi connectivity index (χ1v) is 7.70. The molecule has 4 N–H and O–H groups in total. The van der Waals surface area contributed by atoms with E-state index in [1.165, 1.54) is 6.42 Å². The van der Waals surface area contributed by atoms with Crippen LogP contribution in [-0.2, 0) is 4.79 Å². The summed E-state index contributed by atoms with van der Waals surface area (Å²) in [6.45, 7) is 3.41. The third-order valence-electron chi connectivity index (χ3n) is 4.39. The van der Waals surface area contributed by atoms with Crippen LogP contribution in [0.1, 0.15) is 38.5 Å². The van der Waals surface area contributed by atoms with Crippen molar-refractivity contribution in [3.8, 4) is 0 Å². The molecule has 0 spiro atoms. The first-order valence-electron chi connectivity index (χ1n) is 7.70. The lowest BCUT2D eigenvalue weighted by Crippen LogP contribution is -2.50. The number of nitrogens with two attached hydrogens (primary N) is 1. The molecule has 0 aromatic heterocycles. The van der Waals surface area contributed by atoms with Gasteiger partial charge in [-0.25, -0.2) is 4.79 Å². The maximum Gasteiger partial charge on any atom is 0.312 e. The fourth-order valence-electron chi connectivity index (χ4n) is 3.19. The zero-order valence-electron chi connectivity index (χ0n) is 12.1. The van der Waals surface area contributed by atoms with Crippen LogP contribution in [0.4, 0.5) is 4.79 Å². The predicted octanol–water partition coefficient (Wildman–Crippen LogP) is 0.426. The molecule has 2 rings (SSSR count). The van der Waals surface area contributed by atoms with E-state index in [0.717, 1.165) is 45.3 Å². The number of carbonyl (C=O) groups excluding carboxylic acids is 2. The molecule has 2 heterocycles. The molecule has 6 nitrogen and oxygen atoms in total. The Balaban J connectivity index is 1.79. The van der Waals surface area contributed by atoms with Crippen molar-refractivity contribution in [2.75, 3.05) is 26.2 Å². The number of rotatable bonds is 5. The molecule has 20 heavy (non-hydrogen) atoms. The van der Waals surface area contributed by atoms with Crippen molar-refractivity contribution in [2.24, 2.45) is 11.7 Å². The van der Waals surface area contributed by atoms with E-state index in [4.69, 9.17) is 5.73 Å². The van der Waals surface area contributed by atoms with E-state index in [1.807, 2.05) is 4.90 Å². The number of piperidine rings is 1. The Bertz CT molecular complexity index is 342. The molecule has 6 heteroatoms. The fraction of sp³-hybridized carbons (Fsp3) is 0.857. The highest BCUT2D eigenvalue weighted by Gasteiger charge is 2.27. The van der Waals surface area contributed by atoms with Crippen molar-refractivity contribution in [2.45, 2.75) is 44.6 Å². The molecular formula is C14H26N4O2. The molecule has 3 amide bonds. The summed E-state index contributed by atoms with van der Waals surface area (Å²) in [6.07, 6.45) is 5.90. The number of hydrogen-bond acceptors (Lipinski definition) is 3. The quantitative estimate of drug-likeness (QED) is 0.683. The maximum atomic E-state index is 12.4. The molecule has 0 aromatic rings. The highest BCUT2D eigenvalue weighted by Crippen LogP contribution is 2.20. The molecule has 0 bridgehead atoms. The number of nitrogens with one attached hydrogen (secondary N) is 2. The Hall–Kier alpha value is -1.30. The summed E-state index contributed by atoms with van der Waals surface area (Å²) in [5, 5.41) is 5.96. The fourth-order valence-corrected chi connectivity index (χ4v) is 3.19. The van der Waals surface area contributed by atoms with Gasteiger partial charge in [-0.05, 0) is 51.1 Å². The second-order valence-electron chi connectivity index (χ2n) is 5.88. The zero-order chi connectivity index (χ0) is 14.4. The average molecular weight is 282 g/mol. The van der Waals surface area contributed by atoms with Crippen molar-refractivity contribution in [3.05, 3.63) is 0 Å². The van der Waals surface area contributed by atoms with Crippen LogP contribution in [0.25, 0.3) is 0 Å².